The molecule has 130 valence electrons. The summed E-state index contributed by atoms with van der Waals surface area (Å²) in [4.78, 5) is 15.0. The number of piperidine rings is 2. The summed E-state index contributed by atoms with van der Waals surface area (Å²) in [5.41, 5.74) is 1.70. The van der Waals surface area contributed by atoms with E-state index in [0.29, 0.717) is 23.2 Å². The molecule has 1 amide bonds. The number of methoxy groups -OCH3 is 1. The number of carbonyl (C=O) groups is 1. The van der Waals surface area contributed by atoms with E-state index < -0.39 is 0 Å². The predicted octanol–water partition coefficient (Wildman–Crippen LogP) is 2.79. The number of ether oxygens (including phenoxy) is 1. The van der Waals surface area contributed by atoms with Gasteiger partial charge in [-0.05, 0) is 74.2 Å². The Morgan fingerprint density at radius 1 is 1.25 bits per heavy atom. The van der Waals surface area contributed by atoms with Gasteiger partial charge in [-0.3, -0.25) is 4.79 Å². The van der Waals surface area contributed by atoms with Crippen molar-refractivity contribution in [2.24, 2.45) is 11.3 Å². The molecule has 3 aliphatic rings. The van der Waals surface area contributed by atoms with Gasteiger partial charge in [0.25, 0.3) is 0 Å². The van der Waals surface area contributed by atoms with Crippen molar-refractivity contribution < 1.29 is 9.53 Å². The quantitative estimate of drug-likeness (QED) is 0.928. The van der Waals surface area contributed by atoms with Crippen LogP contribution in [0, 0.1) is 11.3 Å². The number of hydrogen-bond donors (Lipinski definition) is 1. The fourth-order valence-electron chi connectivity index (χ4n) is 4.72. The number of amides is 1. The molecule has 0 radical (unpaired) electrons. The summed E-state index contributed by atoms with van der Waals surface area (Å²) in [6.07, 6.45) is 5.64. The topological polar surface area (TPSA) is 41.6 Å². The second-order valence-electron chi connectivity index (χ2n) is 7.75. The summed E-state index contributed by atoms with van der Waals surface area (Å²) in [7, 11) is 1.71. The van der Waals surface area contributed by atoms with E-state index >= 15 is 0 Å². The first-order valence-electron chi connectivity index (χ1n) is 9.35. The second kappa shape index (κ2) is 6.40. The molecule has 1 spiro atoms. The number of nitrogens with zero attached hydrogens (tertiary/aromatic N) is 1. The molecule has 3 fully saturated rings. The van der Waals surface area contributed by atoms with Crippen molar-refractivity contribution in [1.82, 2.24) is 10.2 Å². The van der Waals surface area contributed by atoms with E-state index in [4.69, 9.17) is 4.74 Å². The van der Waals surface area contributed by atoms with Gasteiger partial charge >= 0.3 is 0 Å². The Hall–Kier alpha value is -1.55. The molecule has 1 atom stereocenters. The Morgan fingerprint density at radius 2 is 2.00 bits per heavy atom. The lowest BCUT2D eigenvalue weighted by atomic mass is 9.88. The zero-order chi connectivity index (χ0) is 16.6. The Balaban J connectivity index is 1.34. The highest BCUT2D eigenvalue weighted by molar-refractivity contribution is 5.83. The van der Waals surface area contributed by atoms with Crippen LogP contribution in [0.25, 0.3) is 0 Å². The van der Waals surface area contributed by atoms with E-state index in [-0.39, 0.29) is 0 Å². The zero-order valence-electron chi connectivity index (χ0n) is 14.6. The van der Waals surface area contributed by atoms with Gasteiger partial charge in [0.15, 0.2) is 0 Å². The van der Waals surface area contributed by atoms with Crippen LogP contribution in [-0.2, 0) is 4.79 Å². The molecular formula is C20H28N2O2. The third-order valence-electron chi connectivity index (χ3n) is 6.46. The van der Waals surface area contributed by atoms with E-state index in [0.717, 1.165) is 51.2 Å². The largest absolute Gasteiger partial charge is 0.497 e. The number of rotatable bonds is 3. The fourth-order valence-corrected chi connectivity index (χ4v) is 4.72. The number of likely N-dealkylation sites (tertiary alicyclic amines) is 1. The number of hydrogen-bond acceptors (Lipinski definition) is 3. The minimum atomic E-state index is 0.313. The molecule has 1 aliphatic carbocycles. The first kappa shape index (κ1) is 15.9. The summed E-state index contributed by atoms with van der Waals surface area (Å²) >= 11 is 0. The molecule has 2 aliphatic heterocycles. The molecule has 1 aromatic carbocycles. The summed E-state index contributed by atoms with van der Waals surface area (Å²) < 4.78 is 5.34. The van der Waals surface area contributed by atoms with Crippen molar-refractivity contribution in [3.63, 3.8) is 0 Å². The third kappa shape index (κ3) is 2.92. The van der Waals surface area contributed by atoms with Crippen LogP contribution in [0.1, 0.15) is 43.6 Å². The maximum atomic E-state index is 12.9. The molecule has 1 N–H and O–H groups in total. The van der Waals surface area contributed by atoms with Crippen LogP contribution in [0.3, 0.4) is 0 Å². The minimum absolute atomic E-state index is 0.313. The van der Waals surface area contributed by atoms with E-state index in [1.165, 1.54) is 18.4 Å². The predicted molar refractivity (Wildman–Crippen MR) is 94.2 cm³/mol. The van der Waals surface area contributed by atoms with Gasteiger partial charge in [0.2, 0.25) is 5.91 Å². The summed E-state index contributed by atoms with van der Waals surface area (Å²) in [5.74, 6) is 2.22. The highest BCUT2D eigenvalue weighted by atomic mass is 16.5. The Bertz CT molecular complexity index is 601. The lowest BCUT2D eigenvalue weighted by Gasteiger charge is -2.33. The van der Waals surface area contributed by atoms with Crippen molar-refractivity contribution in [1.29, 1.82) is 0 Å². The van der Waals surface area contributed by atoms with Crippen LogP contribution >= 0.6 is 0 Å². The van der Waals surface area contributed by atoms with Crippen LogP contribution in [-0.4, -0.2) is 44.1 Å². The van der Waals surface area contributed by atoms with Gasteiger partial charge < -0.3 is 15.0 Å². The smallest absolute Gasteiger partial charge is 0.226 e. The van der Waals surface area contributed by atoms with Gasteiger partial charge in [0.05, 0.1) is 7.11 Å². The molecule has 0 aromatic heterocycles. The summed E-state index contributed by atoms with van der Waals surface area (Å²) in [6.45, 7) is 3.99. The summed E-state index contributed by atoms with van der Waals surface area (Å²) in [5, 5.41) is 3.42. The Kier molecular flexibility index (Phi) is 4.25. The van der Waals surface area contributed by atoms with Crippen LogP contribution in [0.2, 0.25) is 0 Å². The van der Waals surface area contributed by atoms with E-state index in [9.17, 15) is 4.79 Å². The van der Waals surface area contributed by atoms with Gasteiger partial charge in [-0.15, -0.1) is 0 Å². The standard InChI is InChI=1S/C20H28N2O2/c1-24-17-4-2-3-16(13-17)15-5-11-22(12-6-15)19(23)18-14-20(18)7-9-21-10-8-20/h2-4,13,15,18,21H,5-12,14H2,1H3. The molecule has 24 heavy (non-hydrogen) atoms. The minimum Gasteiger partial charge on any atom is -0.497 e. The maximum absolute atomic E-state index is 12.9. The van der Waals surface area contributed by atoms with Gasteiger partial charge in [0, 0.05) is 19.0 Å². The normalized spacial score (nSPS) is 26.4. The van der Waals surface area contributed by atoms with Gasteiger partial charge in [0.1, 0.15) is 5.75 Å². The van der Waals surface area contributed by atoms with Crippen LogP contribution in [0.15, 0.2) is 24.3 Å². The van der Waals surface area contributed by atoms with Crippen molar-refractivity contribution in [3.05, 3.63) is 29.8 Å². The van der Waals surface area contributed by atoms with Gasteiger partial charge in [-0.1, -0.05) is 12.1 Å². The van der Waals surface area contributed by atoms with Crippen molar-refractivity contribution in [2.75, 3.05) is 33.3 Å². The lowest BCUT2D eigenvalue weighted by molar-refractivity contribution is -0.134. The molecule has 2 saturated heterocycles. The molecular weight excluding hydrogens is 300 g/mol. The molecule has 1 saturated carbocycles. The van der Waals surface area contributed by atoms with Crippen molar-refractivity contribution in [2.45, 2.75) is 38.0 Å². The Morgan fingerprint density at radius 3 is 2.71 bits per heavy atom. The number of benzene rings is 1. The monoisotopic (exact) mass is 328 g/mol. The molecule has 4 heteroatoms. The first-order chi connectivity index (χ1) is 11.7. The van der Waals surface area contributed by atoms with E-state index in [2.05, 4.69) is 28.4 Å². The molecule has 2 heterocycles. The zero-order valence-corrected chi connectivity index (χ0v) is 14.6. The van der Waals surface area contributed by atoms with E-state index in [1.54, 1.807) is 7.11 Å². The SMILES string of the molecule is COc1cccc(C2CCN(C(=O)C3CC34CCNCC4)CC2)c1. The van der Waals surface area contributed by atoms with Gasteiger partial charge in [-0.25, -0.2) is 0 Å². The fraction of sp³-hybridized carbons (Fsp3) is 0.650. The van der Waals surface area contributed by atoms with E-state index in [1.807, 2.05) is 6.07 Å². The molecule has 0 bridgehead atoms. The molecule has 4 rings (SSSR count). The van der Waals surface area contributed by atoms with Crippen LogP contribution in [0.5, 0.6) is 5.75 Å². The average Bonchev–Trinajstić information content (AvgIpc) is 3.34. The summed E-state index contributed by atoms with van der Waals surface area (Å²) in [6, 6.07) is 8.40. The van der Waals surface area contributed by atoms with Crippen molar-refractivity contribution in [3.8, 4) is 5.75 Å². The van der Waals surface area contributed by atoms with Crippen LogP contribution in [0.4, 0.5) is 0 Å². The highest BCUT2D eigenvalue weighted by Gasteiger charge is 2.58. The molecule has 1 unspecified atom stereocenters. The number of nitrogens with one attached hydrogen (secondary N) is 1. The first-order valence-corrected chi connectivity index (χ1v) is 9.35. The lowest BCUT2D eigenvalue weighted by Crippen LogP contribution is -2.40. The van der Waals surface area contributed by atoms with Crippen LogP contribution < -0.4 is 10.1 Å². The highest BCUT2D eigenvalue weighted by Crippen LogP contribution is 2.59. The number of carbonyl (C=O) groups excluding carboxylic acids is 1. The van der Waals surface area contributed by atoms with Crippen molar-refractivity contribution >= 4 is 5.91 Å². The second-order valence-corrected chi connectivity index (χ2v) is 7.75. The maximum Gasteiger partial charge on any atom is 0.226 e. The molecule has 1 aromatic rings. The Labute approximate surface area is 144 Å². The average molecular weight is 328 g/mol. The van der Waals surface area contributed by atoms with Gasteiger partial charge in [-0.2, -0.15) is 0 Å². The third-order valence-corrected chi connectivity index (χ3v) is 6.46. The molecule has 4 nitrogen and oxygen atoms in total.